The van der Waals surface area contributed by atoms with Gasteiger partial charge in [0, 0.05) is 19.6 Å². The number of hydrogen-bond donors (Lipinski definition) is 2. The molecule has 106 valence electrons. The van der Waals surface area contributed by atoms with Crippen molar-refractivity contribution >= 4 is 5.97 Å². The average Bonchev–Trinajstić information content (AvgIpc) is 2.19. The maximum atomic E-state index is 11.3. The number of carbonyl (C=O) groups is 1. The minimum absolute atomic E-state index is 0.0378. The summed E-state index contributed by atoms with van der Waals surface area (Å²) in [6.07, 6.45) is 1.13. The minimum Gasteiger partial charge on any atom is -0.481 e. The lowest BCUT2D eigenvalue weighted by Crippen LogP contribution is -2.53. The Hall–Kier alpha value is -0.610. The molecule has 4 nitrogen and oxygen atoms in total. The van der Waals surface area contributed by atoms with Crippen LogP contribution in [0.2, 0.25) is 0 Å². The van der Waals surface area contributed by atoms with Crippen LogP contribution in [-0.2, 0) is 4.79 Å². The van der Waals surface area contributed by atoms with E-state index in [4.69, 9.17) is 0 Å². The number of carboxylic acids is 1. The predicted octanol–water partition coefficient (Wildman–Crippen LogP) is 1.83. The van der Waals surface area contributed by atoms with E-state index in [-0.39, 0.29) is 5.92 Å². The van der Waals surface area contributed by atoms with Crippen molar-refractivity contribution in [1.29, 1.82) is 0 Å². The van der Waals surface area contributed by atoms with Crippen LogP contribution in [0.3, 0.4) is 0 Å². The number of rotatable bonds is 5. The smallest absolute Gasteiger partial charge is 0.309 e. The third-order valence-electron chi connectivity index (χ3n) is 3.86. The van der Waals surface area contributed by atoms with Crippen molar-refractivity contribution in [2.24, 2.45) is 17.8 Å². The molecule has 1 aliphatic rings. The van der Waals surface area contributed by atoms with Gasteiger partial charge in [-0.3, -0.25) is 4.79 Å². The van der Waals surface area contributed by atoms with E-state index in [1.165, 1.54) is 0 Å². The van der Waals surface area contributed by atoms with Gasteiger partial charge in [-0.15, -0.1) is 0 Å². The van der Waals surface area contributed by atoms with E-state index < -0.39 is 17.5 Å². The molecule has 1 heterocycles. The number of carboxylic acid groups (broad SMARTS) is 1. The molecular formula is C14H27NO3. The largest absolute Gasteiger partial charge is 0.481 e. The number of hydrogen-bond acceptors (Lipinski definition) is 3. The van der Waals surface area contributed by atoms with Gasteiger partial charge in [0.1, 0.15) is 0 Å². The van der Waals surface area contributed by atoms with Crippen LogP contribution in [0.5, 0.6) is 0 Å². The molecule has 1 atom stereocenters. The van der Waals surface area contributed by atoms with Crippen LogP contribution in [-0.4, -0.2) is 46.3 Å². The molecule has 0 amide bonds. The molecule has 0 aromatic carbocycles. The number of piperidine rings is 1. The number of nitrogens with zero attached hydrogens (tertiary/aromatic N) is 1. The third kappa shape index (κ3) is 3.69. The van der Waals surface area contributed by atoms with Gasteiger partial charge >= 0.3 is 5.97 Å². The van der Waals surface area contributed by atoms with E-state index in [1.54, 1.807) is 0 Å². The Morgan fingerprint density at radius 2 is 1.72 bits per heavy atom. The normalized spacial score (nSPS) is 22.4. The van der Waals surface area contributed by atoms with Crippen LogP contribution in [0.1, 0.15) is 40.5 Å². The summed E-state index contributed by atoms with van der Waals surface area (Å²) in [5.74, 6) is -0.954. The Morgan fingerprint density at radius 3 is 2.06 bits per heavy atom. The van der Waals surface area contributed by atoms with Crippen LogP contribution in [0.4, 0.5) is 0 Å². The molecule has 1 rings (SSSR count). The van der Waals surface area contributed by atoms with Crippen molar-refractivity contribution in [3.05, 3.63) is 0 Å². The zero-order chi connectivity index (χ0) is 13.9. The Labute approximate surface area is 110 Å². The first-order valence-electron chi connectivity index (χ1n) is 6.94. The lowest BCUT2D eigenvalue weighted by Gasteiger charge is -2.43. The van der Waals surface area contributed by atoms with Gasteiger partial charge in [-0.25, -0.2) is 0 Å². The highest BCUT2D eigenvalue weighted by molar-refractivity contribution is 5.71. The zero-order valence-corrected chi connectivity index (χ0v) is 12.0. The molecule has 0 radical (unpaired) electrons. The van der Waals surface area contributed by atoms with Gasteiger partial charge in [0.2, 0.25) is 0 Å². The Morgan fingerprint density at radius 1 is 1.22 bits per heavy atom. The van der Waals surface area contributed by atoms with Crippen LogP contribution in [0, 0.1) is 17.8 Å². The fourth-order valence-corrected chi connectivity index (χ4v) is 3.09. The van der Waals surface area contributed by atoms with Gasteiger partial charge in [-0.2, -0.15) is 0 Å². The van der Waals surface area contributed by atoms with Crippen LogP contribution in [0.25, 0.3) is 0 Å². The van der Waals surface area contributed by atoms with E-state index >= 15 is 0 Å². The summed E-state index contributed by atoms with van der Waals surface area (Å²) in [4.78, 5) is 13.6. The zero-order valence-electron chi connectivity index (χ0n) is 12.0. The lowest BCUT2D eigenvalue weighted by molar-refractivity contribution is -0.160. The topological polar surface area (TPSA) is 60.8 Å². The minimum atomic E-state index is -1.03. The summed E-state index contributed by atoms with van der Waals surface area (Å²) in [6, 6.07) is 0. The second kappa shape index (κ2) is 6.02. The average molecular weight is 257 g/mol. The molecular weight excluding hydrogens is 230 g/mol. The van der Waals surface area contributed by atoms with Gasteiger partial charge < -0.3 is 15.1 Å². The maximum absolute atomic E-state index is 11.3. The van der Waals surface area contributed by atoms with E-state index in [1.807, 2.05) is 13.8 Å². The quantitative estimate of drug-likeness (QED) is 0.789. The van der Waals surface area contributed by atoms with Crippen molar-refractivity contribution in [3.63, 3.8) is 0 Å². The van der Waals surface area contributed by atoms with E-state index in [9.17, 15) is 15.0 Å². The summed E-state index contributed by atoms with van der Waals surface area (Å²) in [7, 11) is 0. The number of aliphatic carboxylic acids is 1. The number of aliphatic hydroxyl groups is 1. The molecule has 0 saturated carbocycles. The molecule has 4 heteroatoms. The predicted molar refractivity (Wildman–Crippen MR) is 71.4 cm³/mol. The monoisotopic (exact) mass is 257 g/mol. The van der Waals surface area contributed by atoms with Gasteiger partial charge in [0.25, 0.3) is 0 Å². The molecule has 1 aliphatic heterocycles. The molecule has 2 N–H and O–H groups in total. The highest BCUT2D eigenvalue weighted by Gasteiger charge is 2.45. The summed E-state index contributed by atoms with van der Waals surface area (Å²) >= 11 is 0. The molecule has 0 aromatic rings. The summed E-state index contributed by atoms with van der Waals surface area (Å²) in [6.45, 7) is 10.7. The van der Waals surface area contributed by atoms with Crippen molar-refractivity contribution in [1.82, 2.24) is 4.90 Å². The van der Waals surface area contributed by atoms with Crippen LogP contribution < -0.4 is 0 Å². The SMILES string of the molecule is CC(C)CN1CCC(O)(C(C(=O)O)C(C)C)CC1. The fraction of sp³-hybridized carbons (Fsp3) is 0.929. The third-order valence-corrected chi connectivity index (χ3v) is 3.86. The molecule has 0 spiro atoms. The van der Waals surface area contributed by atoms with Crippen LogP contribution >= 0.6 is 0 Å². The van der Waals surface area contributed by atoms with Gasteiger partial charge in [0.05, 0.1) is 11.5 Å². The van der Waals surface area contributed by atoms with Crippen molar-refractivity contribution in [2.45, 2.75) is 46.1 Å². The second-order valence-corrected chi connectivity index (χ2v) is 6.36. The maximum Gasteiger partial charge on any atom is 0.309 e. The van der Waals surface area contributed by atoms with Crippen molar-refractivity contribution in [2.75, 3.05) is 19.6 Å². The Kier molecular flexibility index (Phi) is 5.17. The Bertz CT molecular complexity index is 281. The second-order valence-electron chi connectivity index (χ2n) is 6.36. The molecule has 0 aromatic heterocycles. The summed E-state index contributed by atoms with van der Waals surface area (Å²) in [5.41, 5.74) is -1.03. The molecule has 0 aliphatic carbocycles. The molecule has 0 bridgehead atoms. The van der Waals surface area contributed by atoms with E-state index in [0.29, 0.717) is 18.8 Å². The molecule has 1 fully saturated rings. The van der Waals surface area contributed by atoms with E-state index in [0.717, 1.165) is 19.6 Å². The number of likely N-dealkylation sites (tertiary alicyclic amines) is 1. The van der Waals surface area contributed by atoms with Gasteiger partial charge in [-0.1, -0.05) is 27.7 Å². The summed E-state index contributed by atoms with van der Waals surface area (Å²) in [5, 5.41) is 19.9. The first kappa shape index (κ1) is 15.4. The van der Waals surface area contributed by atoms with E-state index in [2.05, 4.69) is 18.7 Å². The van der Waals surface area contributed by atoms with Crippen LogP contribution in [0.15, 0.2) is 0 Å². The highest BCUT2D eigenvalue weighted by Crippen LogP contribution is 2.34. The highest BCUT2D eigenvalue weighted by atomic mass is 16.4. The van der Waals surface area contributed by atoms with Gasteiger partial charge in [0.15, 0.2) is 0 Å². The molecule has 18 heavy (non-hydrogen) atoms. The Balaban J connectivity index is 2.65. The molecule has 1 unspecified atom stereocenters. The fourth-order valence-electron chi connectivity index (χ4n) is 3.09. The standard InChI is InChI=1S/C14H27NO3/c1-10(2)9-15-7-5-14(18,6-8-15)12(11(3)4)13(16)17/h10-12,18H,5-9H2,1-4H3,(H,16,17). The molecule has 1 saturated heterocycles. The first-order chi connectivity index (χ1) is 8.26. The van der Waals surface area contributed by atoms with Crippen molar-refractivity contribution < 1.29 is 15.0 Å². The lowest BCUT2D eigenvalue weighted by atomic mass is 9.74. The first-order valence-corrected chi connectivity index (χ1v) is 6.94. The van der Waals surface area contributed by atoms with Gasteiger partial charge in [-0.05, 0) is 24.7 Å². The van der Waals surface area contributed by atoms with Crippen molar-refractivity contribution in [3.8, 4) is 0 Å². The summed E-state index contributed by atoms with van der Waals surface area (Å²) < 4.78 is 0.